The number of hydrogen-bond donors (Lipinski definition) is 1. The predicted molar refractivity (Wildman–Crippen MR) is 95.6 cm³/mol. The quantitative estimate of drug-likeness (QED) is 0.929. The Bertz CT molecular complexity index is 714. The maximum Gasteiger partial charge on any atom is 0.273 e. The van der Waals surface area contributed by atoms with E-state index in [9.17, 15) is 4.79 Å². The Morgan fingerprint density at radius 2 is 1.92 bits per heavy atom. The third kappa shape index (κ3) is 3.03. The van der Waals surface area contributed by atoms with E-state index < -0.39 is 0 Å². The number of carbonyl (C=O) groups excluding carboxylic acids is 1. The minimum Gasteiger partial charge on any atom is -0.371 e. The van der Waals surface area contributed by atoms with Crippen molar-refractivity contribution in [3.8, 4) is 0 Å². The zero-order chi connectivity index (χ0) is 16.4. The molecule has 2 aliphatic rings. The largest absolute Gasteiger partial charge is 0.371 e. The van der Waals surface area contributed by atoms with Crippen LogP contribution in [-0.4, -0.2) is 28.8 Å². The number of piperidine rings is 1. The van der Waals surface area contributed by atoms with Gasteiger partial charge in [-0.25, -0.2) is 0 Å². The van der Waals surface area contributed by atoms with Crippen molar-refractivity contribution in [3.05, 3.63) is 42.2 Å². The fourth-order valence-electron chi connectivity index (χ4n) is 3.54. The van der Waals surface area contributed by atoms with Crippen LogP contribution < -0.4 is 10.2 Å². The maximum atomic E-state index is 12.6. The molecule has 2 fully saturated rings. The first kappa shape index (κ1) is 15.2. The molecule has 4 rings (SSSR count). The van der Waals surface area contributed by atoms with Crippen molar-refractivity contribution in [2.75, 3.05) is 23.3 Å². The molecule has 24 heavy (non-hydrogen) atoms. The molecule has 1 saturated heterocycles. The van der Waals surface area contributed by atoms with Crippen LogP contribution in [0, 0.1) is 0 Å². The summed E-state index contributed by atoms with van der Waals surface area (Å²) in [5.41, 5.74) is 2.70. The van der Waals surface area contributed by atoms with E-state index in [1.807, 2.05) is 22.9 Å². The first-order valence-electron chi connectivity index (χ1n) is 9.01. The van der Waals surface area contributed by atoms with Crippen molar-refractivity contribution in [3.63, 3.8) is 0 Å². The van der Waals surface area contributed by atoms with Gasteiger partial charge in [-0.1, -0.05) is 6.07 Å². The number of anilines is 2. The smallest absolute Gasteiger partial charge is 0.273 e. The molecule has 0 unspecified atom stereocenters. The molecule has 0 bridgehead atoms. The molecule has 2 heterocycles. The van der Waals surface area contributed by atoms with Gasteiger partial charge in [-0.2, -0.15) is 5.10 Å². The van der Waals surface area contributed by atoms with Gasteiger partial charge >= 0.3 is 0 Å². The van der Waals surface area contributed by atoms with Crippen molar-refractivity contribution < 1.29 is 4.79 Å². The Balaban J connectivity index is 1.48. The molecule has 1 aliphatic carbocycles. The summed E-state index contributed by atoms with van der Waals surface area (Å²) in [7, 11) is 0. The topological polar surface area (TPSA) is 50.2 Å². The van der Waals surface area contributed by atoms with E-state index in [0.717, 1.165) is 31.6 Å². The van der Waals surface area contributed by atoms with Gasteiger partial charge < -0.3 is 10.2 Å². The molecule has 1 saturated carbocycles. The SMILES string of the molecule is O=C(Nc1cccc(N2CCCCC2)c1)c1ccnn1C1CCC1. The van der Waals surface area contributed by atoms with Crippen molar-refractivity contribution in [1.29, 1.82) is 0 Å². The molecule has 1 amide bonds. The maximum absolute atomic E-state index is 12.6. The van der Waals surface area contributed by atoms with Crippen molar-refractivity contribution in [1.82, 2.24) is 9.78 Å². The summed E-state index contributed by atoms with van der Waals surface area (Å²) in [5.74, 6) is -0.0739. The second-order valence-corrected chi connectivity index (χ2v) is 6.80. The summed E-state index contributed by atoms with van der Waals surface area (Å²) in [6.07, 6.45) is 8.99. The zero-order valence-electron chi connectivity index (χ0n) is 13.9. The third-order valence-electron chi connectivity index (χ3n) is 5.15. The van der Waals surface area contributed by atoms with Gasteiger partial charge in [0.05, 0.1) is 6.04 Å². The summed E-state index contributed by atoms with van der Waals surface area (Å²) in [4.78, 5) is 15.0. The van der Waals surface area contributed by atoms with Gasteiger partial charge in [0, 0.05) is 30.7 Å². The number of aromatic nitrogens is 2. The number of carbonyl (C=O) groups is 1. The number of nitrogens with zero attached hydrogens (tertiary/aromatic N) is 3. The number of rotatable bonds is 4. The average Bonchev–Trinajstić information content (AvgIpc) is 3.03. The van der Waals surface area contributed by atoms with Gasteiger partial charge in [0.15, 0.2) is 0 Å². The Hall–Kier alpha value is -2.30. The lowest BCUT2D eigenvalue weighted by Gasteiger charge is -2.29. The minimum absolute atomic E-state index is 0.0739. The van der Waals surface area contributed by atoms with E-state index >= 15 is 0 Å². The fourth-order valence-corrected chi connectivity index (χ4v) is 3.54. The first-order chi connectivity index (χ1) is 11.8. The normalized spacial score (nSPS) is 18.2. The van der Waals surface area contributed by atoms with Gasteiger partial charge in [-0.3, -0.25) is 9.48 Å². The zero-order valence-corrected chi connectivity index (χ0v) is 13.9. The summed E-state index contributed by atoms with van der Waals surface area (Å²) < 4.78 is 1.88. The Kier molecular flexibility index (Phi) is 4.24. The number of hydrogen-bond acceptors (Lipinski definition) is 3. The van der Waals surface area contributed by atoms with Gasteiger partial charge in [-0.15, -0.1) is 0 Å². The highest BCUT2D eigenvalue weighted by Crippen LogP contribution is 2.32. The minimum atomic E-state index is -0.0739. The van der Waals surface area contributed by atoms with E-state index in [0.29, 0.717) is 11.7 Å². The van der Waals surface area contributed by atoms with E-state index in [-0.39, 0.29) is 5.91 Å². The molecule has 1 aliphatic heterocycles. The van der Waals surface area contributed by atoms with Crippen LogP contribution in [0.3, 0.4) is 0 Å². The summed E-state index contributed by atoms with van der Waals surface area (Å²) in [6.45, 7) is 2.21. The van der Waals surface area contributed by atoms with Crippen LogP contribution in [-0.2, 0) is 0 Å². The number of nitrogens with one attached hydrogen (secondary N) is 1. The average molecular weight is 324 g/mol. The van der Waals surface area contributed by atoms with E-state index in [1.54, 1.807) is 6.20 Å². The molecule has 0 spiro atoms. The second kappa shape index (κ2) is 6.67. The van der Waals surface area contributed by atoms with Crippen LogP contribution in [0.15, 0.2) is 36.5 Å². The highest BCUT2D eigenvalue weighted by Gasteiger charge is 2.24. The van der Waals surface area contributed by atoms with E-state index in [1.165, 1.54) is 31.4 Å². The molecule has 1 aromatic carbocycles. The van der Waals surface area contributed by atoms with Gasteiger partial charge in [0.25, 0.3) is 5.91 Å². The highest BCUT2D eigenvalue weighted by atomic mass is 16.2. The third-order valence-corrected chi connectivity index (χ3v) is 5.15. The van der Waals surface area contributed by atoms with Crippen molar-refractivity contribution in [2.45, 2.75) is 44.6 Å². The molecule has 5 nitrogen and oxygen atoms in total. The van der Waals surface area contributed by atoms with Crippen LogP contribution in [0.25, 0.3) is 0 Å². The molecule has 126 valence electrons. The van der Waals surface area contributed by atoms with Gasteiger partial charge in [0.2, 0.25) is 0 Å². The molecule has 2 aromatic rings. The van der Waals surface area contributed by atoms with Crippen LogP contribution in [0.5, 0.6) is 0 Å². The second-order valence-electron chi connectivity index (χ2n) is 6.80. The molecule has 5 heteroatoms. The molecular weight excluding hydrogens is 300 g/mol. The lowest BCUT2D eigenvalue weighted by molar-refractivity contribution is 0.100. The number of amides is 1. The molecule has 0 radical (unpaired) electrons. The van der Waals surface area contributed by atoms with Crippen molar-refractivity contribution >= 4 is 17.3 Å². The Morgan fingerprint density at radius 1 is 1.08 bits per heavy atom. The van der Waals surface area contributed by atoms with Crippen LogP contribution in [0.2, 0.25) is 0 Å². The fraction of sp³-hybridized carbons (Fsp3) is 0.474. The number of benzene rings is 1. The van der Waals surface area contributed by atoms with Crippen LogP contribution in [0.4, 0.5) is 11.4 Å². The summed E-state index contributed by atoms with van der Waals surface area (Å²) >= 11 is 0. The first-order valence-corrected chi connectivity index (χ1v) is 9.01. The van der Waals surface area contributed by atoms with Crippen LogP contribution in [0.1, 0.15) is 55.1 Å². The van der Waals surface area contributed by atoms with Crippen LogP contribution >= 0.6 is 0 Å². The molecule has 1 aromatic heterocycles. The monoisotopic (exact) mass is 324 g/mol. The van der Waals surface area contributed by atoms with Gasteiger partial charge in [0.1, 0.15) is 5.69 Å². The standard InChI is InChI=1S/C19H24N4O/c24-19(18-10-11-20-23(18)16-7-5-8-16)21-15-6-4-9-17(14-15)22-12-2-1-3-13-22/h4,6,9-11,14,16H,1-3,5,7-8,12-13H2,(H,21,24). The molecule has 0 atom stereocenters. The highest BCUT2D eigenvalue weighted by molar-refractivity contribution is 6.03. The van der Waals surface area contributed by atoms with Gasteiger partial charge in [-0.05, 0) is 62.8 Å². The van der Waals surface area contributed by atoms with E-state index in [2.05, 4.69) is 27.4 Å². The Labute approximate surface area is 142 Å². The predicted octanol–water partition coefficient (Wildman–Crippen LogP) is 3.85. The molecular formula is C19H24N4O. The lowest BCUT2D eigenvalue weighted by atomic mass is 9.93. The molecule has 1 N–H and O–H groups in total. The lowest BCUT2D eigenvalue weighted by Crippen LogP contribution is -2.29. The van der Waals surface area contributed by atoms with Crippen molar-refractivity contribution in [2.24, 2.45) is 0 Å². The summed E-state index contributed by atoms with van der Waals surface area (Å²) in [6, 6.07) is 10.4. The Morgan fingerprint density at radius 3 is 2.67 bits per heavy atom. The summed E-state index contributed by atoms with van der Waals surface area (Å²) in [5, 5.41) is 7.38. The van der Waals surface area contributed by atoms with E-state index in [4.69, 9.17) is 0 Å².